The van der Waals surface area contributed by atoms with Crippen LogP contribution < -0.4 is 14.4 Å². The highest BCUT2D eigenvalue weighted by molar-refractivity contribution is 7.92. The van der Waals surface area contributed by atoms with Crippen molar-refractivity contribution in [3.05, 3.63) is 60.2 Å². The molecule has 0 spiro atoms. The second kappa shape index (κ2) is 10.1. The molecule has 0 unspecified atom stereocenters. The normalized spacial score (nSPS) is 12.2. The lowest BCUT2D eigenvalue weighted by atomic mass is 10.1. The first kappa shape index (κ1) is 21.8. The van der Waals surface area contributed by atoms with E-state index in [-0.39, 0.29) is 5.91 Å². The number of nitrogens with one attached hydrogen (secondary N) is 1. The number of amides is 1. The van der Waals surface area contributed by atoms with E-state index in [1.165, 1.54) is 4.31 Å². The van der Waals surface area contributed by atoms with E-state index < -0.39 is 16.1 Å². The lowest BCUT2D eigenvalue weighted by molar-refractivity contribution is -0.122. The van der Waals surface area contributed by atoms with Gasteiger partial charge in [0.1, 0.15) is 11.8 Å². The van der Waals surface area contributed by atoms with E-state index in [9.17, 15) is 13.2 Å². The number of carbonyl (C=O) groups is 1. The maximum absolute atomic E-state index is 12.8. The lowest BCUT2D eigenvalue weighted by Crippen LogP contribution is -2.49. The summed E-state index contributed by atoms with van der Waals surface area (Å²) < 4.78 is 31.5. The first-order chi connectivity index (χ1) is 13.4. The summed E-state index contributed by atoms with van der Waals surface area (Å²) in [7, 11) is -3.64. The van der Waals surface area contributed by atoms with Crippen molar-refractivity contribution in [1.82, 2.24) is 5.32 Å². The third-order valence-electron chi connectivity index (χ3n) is 4.29. The average Bonchev–Trinajstić information content (AvgIpc) is 2.67. The van der Waals surface area contributed by atoms with Gasteiger partial charge in [0.15, 0.2) is 0 Å². The Morgan fingerprint density at radius 2 is 1.71 bits per heavy atom. The van der Waals surface area contributed by atoms with Gasteiger partial charge in [0.25, 0.3) is 0 Å². The molecule has 7 heteroatoms. The van der Waals surface area contributed by atoms with Gasteiger partial charge in [0, 0.05) is 6.54 Å². The third kappa shape index (κ3) is 5.99. The summed E-state index contributed by atoms with van der Waals surface area (Å²) in [5.74, 6) is 0.345. The van der Waals surface area contributed by atoms with E-state index in [4.69, 9.17) is 4.74 Å². The summed E-state index contributed by atoms with van der Waals surface area (Å²) in [5, 5.41) is 2.87. The molecule has 1 N–H and O–H groups in total. The fraction of sp³-hybridized carbons (Fsp3) is 0.381. The lowest BCUT2D eigenvalue weighted by Gasteiger charge is -2.30. The van der Waals surface area contributed by atoms with E-state index in [1.54, 1.807) is 31.2 Å². The van der Waals surface area contributed by atoms with Gasteiger partial charge in [-0.1, -0.05) is 37.3 Å². The van der Waals surface area contributed by atoms with Crippen LogP contribution in [0, 0.1) is 0 Å². The Bertz CT molecular complexity index is 852. The van der Waals surface area contributed by atoms with E-state index in [0.29, 0.717) is 37.4 Å². The second-order valence-electron chi connectivity index (χ2n) is 6.44. The van der Waals surface area contributed by atoms with Gasteiger partial charge in [-0.2, -0.15) is 0 Å². The van der Waals surface area contributed by atoms with Crippen molar-refractivity contribution in [2.75, 3.05) is 23.7 Å². The molecule has 0 radical (unpaired) electrons. The van der Waals surface area contributed by atoms with Gasteiger partial charge in [-0.3, -0.25) is 9.10 Å². The summed E-state index contributed by atoms with van der Waals surface area (Å²) in [5.41, 5.74) is 1.55. The molecule has 0 aliphatic rings. The van der Waals surface area contributed by atoms with Crippen molar-refractivity contribution in [2.45, 2.75) is 32.7 Å². The van der Waals surface area contributed by atoms with Gasteiger partial charge in [-0.15, -0.1) is 0 Å². The van der Waals surface area contributed by atoms with Crippen molar-refractivity contribution in [3.63, 3.8) is 0 Å². The number of sulfonamides is 1. The molecule has 28 heavy (non-hydrogen) atoms. The Morgan fingerprint density at radius 3 is 2.25 bits per heavy atom. The average molecular weight is 405 g/mol. The largest absolute Gasteiger partial charge is 0.494 e. The van der Waals surface area contributed by atoms with Crippen LogP contribution in [0.3, 0.4) is 0 Å². The number of ether oxygens (including phenoxy) is 1. The molecule has 0 saturated carbocycles. The maximum atomic E-state index is 12.8. The number of benzene rings is 2. The Balaban J connectivity index is 2.14. The van der Waals surface area contributed by atoms with E-state index in [2.05, 4.69) is 5.32 Å². The summed E-state index contributed by atoms with van der Waals surface area (Å²) >= 11 is 0. The molecule has 2 aromatic carbocycles. The smallest absolute Gasteiger partial charge is 0.243 e. The standard InChI is InChI=1S/C21H28N2O4S/c1-4-20(21(24)22-16-15-17-9-7-6-8-10-17)23(28(3,25)26)18-11-13-19(14-12-18)27-5-2/h6-14,20H,4-5,15-16H2,1-3H3,(H,22,24)/t20-/m0/s1. The zero-order valence-corrected chi connectivity index (χ0v) is 17.4. The van der Waals surface area contributed by atoms with Gasteiger partial charge in [0.05, 0.1) is 18.6 Å². The van der Waals surface area contributed by atoms with E-state index in [0.717, 1.165) is 11.8 Å². The molecule has 0 aliphatic heterocycles. The predicted octanol–water partition coefficient (Wildman–Crippen LogP) is 2.99. The van der Waals surface area contributed by atoms with Crippen LogP contribution in [0.2, 0.25) is 0 Å². The van der Waals surface area contributed by atoms with Gasteiger partial charge in [-0.25, -0.2) is 8.42 Å². The Labute approximate surface area is 167 Å². The highest BCUT2D eigenvalue weighted by Crippen LogP contribution is 2.25. The van der Waals surface area contributed by atoms with E-state index in [1.807, 2.05) is 37.3 Å². The summed E-state index contributed by atoms with van der Waals surface area (Å²) in [6, 6.07) is 15.7. The molecule has 0 aliphatic carbocycles. The maximum Gasteiger partial charge on any atom is 0.243 e. The van der Waals surface area contributed by atoms with Crippen molar-refractivity contribution in [1.29, 1.82) is 0 Å². The van der Waals surface area contributed by atoms with Gasteiger partial charge < -0.3 is 10.1 Å². The molecule has 0 saturated heterocycles. The quantitative estimate of drug-likeness (QED) is 0.661. The van der Waals surface area contributed by atoms with E-state index >= 15 is 0 Å². The topological polar surface area (TPSA) is 75.7 Å². The van der Waals surface area contributed by atoms with Crippen LogP contribution in [-0.2, 0) is 21.2 Å². The minimum Gasteiger partial charge on any atom is -0.494 e. The van der Waals surface area contributed by atoms with Crippen LogP contribution in [0.1, 0.15) is 25.8 Å². The highest BCUT2D eigenvalue weighted by atomic mass is 32.2. The predicted molar refractivity (Wildman–Crippen MR) is 112 cm³/mol. The van der Waals surface area contributed by atoms with Gasteiger partial charge in [-0.05, 0) is 49.6 Å². The van der Waals surface area contributed by atoms with Crippen LogP contribution >= 0.6 is 0 Å². The molecule has 2 aromatic rings. The summed E-state index contributed by atoms with van der Waals surface area (Å²) in [6.45, 7) is 4.65. The zero-order chi connectivity index (χ0) is 20.6. The SMILES string of the molecule is CCOc1ccc(N([C@@H](CC)C(=O)NCCc2ccccc2)S(C)(=O)=O)cc1. The van der Waals surface area contributed by atoms with Crippen molar-refractivity contribution in [2.24, 2.45) is 0 Å². The fourth-order valence-corrected chi connectivity index (χ4v) is 4.22. The summed E-state index contributed by atoms with van der Waals surface area (Å²) in [6.07, 6.45) is 2.16. The van der Waals surface area contributed by atoms with Gasteiger partial charge >= 0.3 is 0 Å². The molecule has 1 amide bonds. The fourth-order valence-electron chi connectivity index (χ4n) is 3.01. The molecular weight excluding hydrogens is 376 g/mol. The van der Waals surface area contributed by atoms with Crippen molar-refractivity contribution < 1.29 is 17.9 Å². The molecule has 2 rings (SSSR count). The van der Waals surface area contributed by atoms with Crippen LogP contribution in [0.15, 0.2) is 54.6 Å². The van der Waals surface area contributed by atoms with Crippen LogP contribution in [0.5, 0.6) is 5.75 Å². The van der Waals surface area contributed by atoms with Crippen molar-refractivity contribution >= 4 is 21.6 Å². The molecule has 0 heterocycles. The van der Waals surface area contributed by atoms with Crippen LogP contribution in [0.25, 0.3) is 0 Å². The van der Waals surface area contributed by atoms with Crippen LogP contribution in [0.4, 0.5) is 5.69 Å². The first-order valence-corrected chi connectivity index (χ1v) is 11.3. The number of nitrogens with zero attached hydrogens (tertiary/aromatic N) is 1. The molecule has 1 atom stereocenters. The number of carbonyl (C=O) groups excluding carboxylic acids is 1. The molecule has 0 fully saturated rings. The zero-order valence-electron chi connectivity index (χ0n) is 16.6. The van der Waals surface area contributed by atoms with Gasteiger partial charge in [0.2, 0.25) is 15.9 Å². The minimum absolute atomic E-state index is 0.308. The molecule has 0 bridgehead atoms. The monoisotopic (exact) mass is 404 g/mol. The molecule has 152 valence electrons. The molecule has 6 nitrogen and oxygen atoms in total. The highest BCUT2D eigenvalue weighted by Gasteiger charge is 2.31. The first-order valence-electron chi connectivity index (χ1n) is 9.40. The van der Waals surface area contributed by atoms with Crippen molar-refractivity contribution in [3.8, 4) is 5.75 Å². The number of hydrogen-bond donors (Lipinski definition) is 1. The van der Waals surface area contributed by atoms with Crippen LogP contribution in [-0.4, -0.2) is 39.8 Å². The Hall–Kier alpha value is -2.54. The third-order valence-corrected chi connectivity index (χ3v) is 5.47. The summed E-state index contributed by atoms with van der Waals surface area (Å²) in [4.78, 5) is 12.8. The Morgan fingerprint density at radius 1 is 1.07 bits per heavy atom. The number of hydrogen-bond acceptors (Lipinski definition) is 4. The number of rotatable bonds is 10. The second-order valence-corrected chi connectivity index (χ2v) is 8.30. The Kier molecular flexibility index (Phi) is 7.87. The molecule has 0 aromatic heterocycles. The number of anilines is 1. The minimum atomic E-state index is -3.64. The molecular formula is C21H28N2O4S.